The second-order valence-electron chi connectivity index (χ2n) is 4.25. The van der Waals surface area contributed by atoms with Crippen molar-refractivity contribution < 1.29 is 4.55 Å². The number of aromatic nitrogens is 3. The Morgan fingerprint density at radius 2 is 2.13 bits per heavy atom. The number of hydrogen-bond donors (Lipinski definition) is 0. The summed E-state index contributed by atoms with van der Waals surface area (Å²) in [7, 11) is 1.78. The first-order chi connectivity index (χ1) is 6.82. The van der Waals surface area contributed by atoms with Crippen LogP contribution in [0.3, 0.4) is 0 Å². The summed E-state index contributed by atoms with van der Waals surface area (Å²) < 4.78 is 17.1. The summed E-state index contributed by atoms with van der Waals surface area (Å²) in [5, 5.41) is 3.93. The largest absolute Gasteiger partial charge is 0.591 e. The minimum atomic E-state index is -1.25. The van der Waals surface area contributed by atoms with Crippen LogP contribution in [-0.2, 0) is 18.4 Å². The normalized spacial score (nSPS) is 15.5. The van der Waals surface area contributed by atoms with Crippen LogP contribution in [0.25, 0.3) is 0 Å². The molecule has 0 saturated heterocycles. The Labute approximate surface area is 92.9 Å². The van der Waals surface area contributed by atoms with Gasteiger partial charge in [0, 0.05) is 7.05 Å². The molecule has 1 aromatic heterocycles. The van der Waals surface area contributed by atoms with Gasteiger partial charge in [-0.05, 0) is 27.7 Å². The Balaban J connectivity index is 2.90. The van der Waals surface area contributed by atoms with Crippen molar-refractivity contribution in [2.45, 2.75) is 32.4 Å². The SMILES string of the molecule is C/C(=N\[S+]([O-])C(C)(C)C)c1ncnn1C. The Kier molecular flexibility index (Phi) is 3.51. The van der Waals surface area contributed by atoms with Crippen molar-refractivity contribution in [1.82, 2.24) is 14.8 Å². The van der Waals surface area contributed by atoms with Crippen molar-refractivity contribution in [3.8, 4) is 0 Å². The first kappa shape index (κ1) is 12.2. The standard InChI is InChI=1S/C9H16N4OS/c1-7(8-10-6-11-13(8)5)12-15(14)9(2,3)4/h6H,1-5H3/b12-7+. The van der Waals surface area contributed by atoms with E-state index in [9.17, 15) is 4.55 Å². The molecule has 15 heavy (non-hydrogen) atoms. The third-order valence-corrected chi connectivity index (χ3v) is 3.27. The van der Waals surface area contributed by atoms with Gasteiger partial charge in [-0.1, -0.05) is 4.40 Å². The van der Waals surface area contributed by atoms with Crippen LogP contribution in [-0.4, -0.2) is 29.8 Å². The van der Waals surface area contributed by atoms with Gasteiger partial charge >= 0.3 is 0 Å². The number of aryl methyl sites for hydroxylation is 1. The molecule has 1 aromatic rings. The molecule has 0 fully saturated rings. The van der Waals surface area contributed by atoms with E-state index in [-0.39, 0.29) is 4.75 Å². The highest BCUT2D eigenvalue weighted by atomic mass is 32.2. The molecule has 0 aliphatic carbocycles. The molecule has 1 unspecified atom stereocenters. The molecule has 84 valence electrons. The molecule has 0 aromatic carbocycles. The summed E-state index contributed by atoms with van der Waals surface area (Å²) in [5.74, 6) is 0.646. The van der Waals surface area contributed by atoms with Gasteiger partial charge in [0.25, 0.3) is 0 Å². The lowest BCUT2D eigenvalue weighted by atomic mass is 10.3. The molecule has 0 aliphatic heterocycles. The van der Waals surface area contributed by atoms with E-state index in [1.807, 2.05) is 20.8 Å². The maximum absolute atomic E-state index is 11.7. The topological polar surface area (TPSA) is 66.1 Å². The van der Waals surface area contributed by atoms with Gasteiger partial charge in [-0.3, -0.25) is 0 Å². The third-order valence-electron chi connectivity index (χ3n) is 1.78. The summed E-state index contributed by atoms with van der Waals surface area (Å²) in [6, 6.07) is 0. The zero-order chi connectivity index (χ0) is 11.6. The van der Waals surface area contributed by atoms with Crippen LogP contribution in [0.15, 0.2) is 10.7 Å². The van der Waals surface area contributed by atoms with Gasteiger partial charge in [0.1, 0.15) is 28.1 Å². The predicted octanol–water partition coefficient (Wildman–Crippen LogP) is 1.09. The van der Waals surface area contributed by atoms with Crippen molar-refractivity contribution in [1.29, 1.82) is 0 Å². The van der Waals surface area contributed by atoms with Crippen LogP contribution in [0.2, 0.25) is 0 Å². The van der Waals surface area contributed by atoms with E-state index >= 15 is 0 Å². The molecule has 1 rings (SSSR count). The van der Waals surface area contributed by atoms with Crippen LogP contribution in [0.1, 0.15) is 33.5 Å². The lowest BCUT2D eigenvalue weighted by Gasteiger charge is -2.18. The molecule has 5 nitrogen and oxygen atoms in total. The molecule has 0 radical (unpaired) electrons. The smallest absolute Gasteiger partial charge is 0.176 e. The van der Waals surface area contributed by atoms with Gasteiger partial charge in [0.2, 0.25) is 0 Å². The summed E-state index contributed by atoms with van der Waals surface area (Å²) in [6.45, 7) is 7.44. The molecule has 0 aliphatic rings. The first-order valence-electron chi connectivity index (χ1n) is 4.64. The Morgan fingerprint density at radius 1 is 1.53 bits per heavy atom. The maximum Gasteiger partial charge on any atom is 0.176 e. The highest BCUT2D eigenvalue weighted by Gasteiger charge is 2.27. The maximum atomic E-state index is 11.7. The van der Waals surface area contributed by atoms with Crippen molar-refractivity contribution in [3.05, 3.63) is 12.2 Å². The van der Waals surface area contributed by atoms with Crippen molar-refractivity contribution in [3.63, 3.8) is 0 Å². The number of rotatable bonds is 2. The summed E-state index contributed by atoms with van der Waals surface area (Å²) in [4.78, 5) is 4.04. The van der Waals surface area contributed by atoms with E-state index < -0.39 is 11.4 Å². The third kappa shape index (κ3) is 3.04. The average Bonchev–Trinajstić information content (AvgIpc) is 2.49. The fourth-order valence-electron chi connectivity index (χ4n) is 0.926. The second-order valence-corrected chi connectivity index (χ2v) is 6.15. The van der Waals surface area contributed by atoms with E-state index in [0.717, 1.165) is 0 Å². The van der Waals surface area contributed by atoms with Gasteiger partial charge < -0.3 is 4.55 Å². The van der Waals surface area contributed by atoms with Crippen molar-refractivity contribution in [2.24, 2.45) is 11.4 Å². The van der Waals surface area contributed by atoms with Crippen molar-refractivity contribution in [2.75, 3.05) is 0 Å². The summed E-state index contributed by atoms with van der Waals surface area (Å²) >= 11 is -1.25. The molecule has 0 amide bonds. The molecule has 1 atom stereocenters. The lowest BCUT2D eigenvalue weighted by Crippen LogP contribution is -2.27. The molecule has 1 heterocycles. The van der Waals surface area contributed by atoms with Crippen molar-refractivity contribution >= 4 is 17.1 Å². The minimum absolute atomic E-state index is 0.347. The zero-order valence-corrected chi connectivity index (χ0v) is 10.5. The zero-order valence-electron chi connectivity index (χ0n) is 9.68. The summed E-state index contributed by atoms with van der Waals surface area (Å²) in [5.41, 5.74) is 0.642. The fraction of sp³-hybridized carbons (Fsp3) is 0.667. The number of hydrogen-bond acceptors (Lipinski definition) is 4. The fourth-order valence-corrected chi connectivity index (χ4v) is 1.53. The van der Waals surface area contributed by atoms with E-state index in [4.69, 9.17) is 0 Å². The van der Waals surface area contributed by atoms with Crippen LogP contribution in [0, 0.1) is 0 Å². The van der Waals surface area contributed by atoms with Gasteiger partial charge in [0.15, 0.2) is 5.82 Å². The van der Waals surface area contributed by atoms with E-state index in [2.05, 4.69) is 14.5 Å². The van der Waals surface area contributed by atoms with E-state index in [1.165, 1.54) is 6.33 Å². The Hall–Kier alpha value is -0.880. The molecule has 6 heteroatoms. The molecule has 0 N–H and O–H groups in total. The van der Waals surface area contributed by atoms with Crippen LogP contribution < -0.4 is 0 Å². The van der Waals surface area contributed by atoms with Gasteiger partial charge in [0.05, 0.1) is 0 Å². The second kappa shape index (κ2) is 4.32. The Bertz CT molecular complexity index is 366. The molecular formula is C9H16N4OS. The van der Waals surface area contributed by atoms with Crippen LogP contribution in [0.4, 0.5) is 0 Å². The van der Waals surface area contributed by atoms with E-state index in [1.54, 1.807) is 18.7 Å². The lowest BCUT2D eigenvalue weighted by molar-refractivity contribution is 0.561. The van der Waals surface area contributed by atoms with Gasteiger partial charge in [-0.25, -0.2) is 9.67 Å². The van der Waals surface area contributed by atoms with Gasteiger partial charge in [-0.15, -0.1) is 0 Å². The monoisotopic (exact) mass is 228 g/mol. The molecule has 0 saturated carbocycles. The van der Waals surface area contributed by atoms with Crippen LogP contribution >= 0.6 is 0 Å². The predicted molar refractivity (Wildman–Crippen MR) is 61.1 cm³/mol. The van der Waals surface area contributed by atoms with Crippen LogP contribution in [0.5, 0.6) is 0 Å². The molecular weight excluding hydrogens is 212 g/mol. The minimum Gasteiger partial charge on any atom is -0.591 e. The average molecular weight is 228 g/mol. The highest BCUT2D eigenvalue weighted by molar-refractivity contribution is 7.91. The Morgan fingerprint density at radius 3 is 2.53 bits per heavy atom. The van der Waals surface area contributed by atoms with E-state index in [0.29, 0.717) is 11.5 Å². The summed E-state index contributed by atoms with van der Waals surface area (Å²) in [6.07, 6.45) is 1.45. The highest BCUT2D eigenvalue weighted by Crippen LogP contribution is 2.17. The molecule has 0 bridgehead atoms. The quantitative estimate of drug-likeness (QED) is 0.562. The first-order valence-corrected chi connectivity index (χ1v) is 5.74. The van der Waals surface area contributed by atoms with Gasteiger partial charge in [-0.2, -0.15) is 5.10 Å². The number of nitrogens with zero attached hydrogens (tertiary/aromatic N) is 4. The molecule has 0 spiro atoms.